The zero-order valence-corrected chi connectivity index (χ0v) is 9.78. The highest BCUT2D eigenvalue weighted by Crippen LogP contribution is 2.22. The first-order chi connectivity index (χ1) is 7.79. The Morgan fingerprint density at radius 2 is 2.06 bits per heavy atom. The van der Waals surface area contributed by atoms with Gasteiger partial charge in [0.2, 0.25) is 0 Å². The second-order valence-corrected chi connectivity index (χ2v) is 4.33. The fourth-order valence-electron chi connectivity index (χ4n) is 2.18. The van der Waals surface area contributed by atoms with Gasteiger partial charge in [0.1, 0.15) is 5.75 Å². The van der Waals surface area contributed by atoms with Crippen LogP contribution in [-0.4, -0.2) is 13.2 Å². The van der Waals surface area contributed by atoms with Crippen LogP contribution in [-0.2, 0) is 6.42 Å². The maximum atomic E-state index is 6.18. The van der Waals surface area contributed by atoms with Crippen molar-refractivity contribution in [2.24, 2.45) is 5.73 Å². The number of ether oxygens (including phenoxy) is 1. The maximum Gasteiger partial charge on any atom is 0.118 e. The van der Waals surface area contributed by atoms with Crippen LogP contribution in [0.3, 0.4) is 0 Å². The van der Waals surface area contributed by atoms with Gasteiger partial charge in [0.05, 0.1) is 7.11 Å². The molecule has 0 radical (unpaired) electrons. The van der Waals surface area contributed by atoms with Crippen molar-refractivity contribution in [3.05, 3.63) is 41.5 Å². The molecular formula is C14H19NO. The van der Waals surface area contributed by atoms with Gasteiger partial charge in [-0.1, -0.05) is 23.8 Å². The third-order valence-electron chi connectivity index (χ3n) is 3.17. The van der Waals surface area contributed by atoms with E-state index in [1.54, 1.807) is 7.11 Å². The monoisotopic (exact) mass is 217 g/mol. The third-order valence-corrected chi connectivity index (χ3v) is 3.17. The Balaban J connectivity index is 1.97. The van der Waals surface area contributed by atoms with Crippen LogP contribution in [0.4, 0.5) is 0 Å². The van der Waals surface area contributed by atoms with Crippen LogP contribution < -0.4 is 10.5 Å². The lowest BCUT2D eigenvalue weighted by Crippen LogP contribution is -2.24. The molecule has 1 unspecified atom stereocenters. The van der Waals surface area contributed by atoms with Crippen molar-refractivity contribution < 1.29 is 4.74 Å². The number of nitrogens with two attached hydrogens (primary N) is 1. The summed E-state index contributed by atoms with van der Waals surface area (Å²) in [4.78, 5) is 0. The van der Waals surface area contributed by atoms with Crippen molar-refractivity contribution in [2.75, 3.05) is 7.11 Å². The molecule has 1 atom stereocenters. The highest BCUT2D eigenvalue weighted by Gasteiger charge is 2.13. The zero-order chi connectivity index (χ0) is 11.4. The molecule has 1 aliphatic rings. The zero-order valence-electron chi connectivity index (χ0n) is 9.78. The van der Waals surface area contributed by atoms with E-state index in [9.17, 15) is 0 Å². The van der Waals surface area contributed by atoms with E-state index in [1.807, 2.05) is 12.1 Å². The molecule has 0 aliphatic heterocycles. The lowest BCUT2D eigenvalue weighted by molar-refractivity contribution is 0.414. The van der Waals surface area contributed by atoms with Crippen LogP contribution in [0.1, 0.15) is 24.8 Å². The topological polar surface area (TPSA) is 35.2 Å². The highest BCUT2D eigenvalue weighted by atomic mass is 16.5. The molecule has 0 saturated heterocycles. The Kier molecular flexibility index (Phi) is 3.62. The maximum absolute atomic E-state index is 6.18. The van der Waals surface area contributed by atoms with Crippen LogP contribution in [0.15, 0.2) is 35.9 Å². The van der Waals surface area contributed by atoms with Gasteiger partial charge in [-0.15, -0.1) is 0 Å². The fraction of sp³-hybridized carbons (Fsp3) is 0.429. The van der Waals surface area contributed by atoms with Crippen LogP contribution in [0.5, 0.6) is 5.75 Å². The summed E-state index contributed by atoms with van der Waals surface area (Å²) in [7, 11) is 1.68. The second-order valence-electron chi connectivity index (χ2n) is 4.33. The summed E-state index contributed by atoms with van der Waals surface area (Å²) in [5.74, 6) is 0.900. The molecule has 16 heavy (non-hydrogen) atoms. The van der Waals surface area contributed by atoms with E-state index in [4.69, 9.17) is 10.5 Å². The summed E-state index contributed by atoms with van der Waals surface area (Å²) >= 11 is 0. The third kappa shape index (κ3) is 2.64. The molecule has 0 aromatic heterocycles. The van der Waals surface area contributed by atoms with Crippen molar-refractivity contribution >= 4 is 0 Å². The van der Waals surface area contributed by atoms with Crippen molar-refractivity contribution in [1.29, 1.82) is 0 Å². The molecule has 0 bridgehead atoms. The largest absolute Gasteiger partial charge is 0.497 e. The summed E-state index contributed by atoms with van der Waals surface area (Å²) < 4.78 is 5.13. The molecule has 0 saturated carbocycles. The summed E-state index contributed by atoms with van der Waals surface area (Å²) in [6.45, 7) is 0. The fourth-order valence-corrected chi connectivity index (χ4v) is 2.18. The molecule has 1 aliphatic carbocycles. The molecule has 2 nitrogen and oxygen atoms in total. The predicted octanol–water partition coefficient (Wildman–Crippen LogP) is 2.68. The number of hydrogen-bond acceptors (Lipinski definition) is 2. The molecule has 86 valence electrons. The number of allylic oxidation sites excluding steroid dienone is 1. The first kappa shape index (κ1) is 11.2. The van der Waals surface area contributed by atoms with Crippen molar-refractivity contribution in [3.8, 4) is 5.75 Å². The van der Waals surface area contributed by atoms with E-state index in [2.05, 4.69) is 18.2 Å². The van der Waals surface area contributed by atoms with Crippen LogP contribution >= 0.6 is 0 Å². The van der Waals surface area contributed by atoms with Crippen LogP contribution in [0.2, 0.25) is 0 Å². The average molecular weight is 217 g/mol. The smallest absolute Gasteiger partial charge is 0.118 e. The van der Waals surface area contributed by atoms with Gasteiger partial charge in [-0.25, -0.2) is 0 Å². The Morgan fingerprint density at radius 1 is 1.31 bits per heavy atom. The summed E-state index contributed by atoms with van der Waals surface area (Å²) in [5, 5.41) is 0. The molecule has 2 heteroatoms. The second kappa shape index (κ2) is 5.17. The summed E-state index contributed by atoms with van der Waals surface area (Å²) in [6.07, 6.45) is 6.87. The van der Waals surface area contributed by atoms with Gasteiger partial charge in [-0.2, -0.15) is 0 Å². The Hall–Kier alpha value is -1.28. The van der Waals surface area contributed by atoms with Crippen LogP contribution in [0.25, 0.3) is 0 Å². The Labute approximate surface area is 97.1 Å². The van der Waals surface area contributed by atoms with Crippen molar-refractivity contribution in [2.45, 2.75) is 31.7 Å². The molecule has 1 aromatic rings. The van der Waals surface area contributed by atoms with Gasteiger partial charge >= 0.3 is 0 Å². The van der Waals surface area contributed by atoms with E-state index in [1.165, 1.54) is 30.4 Å². The van der Waals surface area contributed by atoms with E-state index >= 15 is 0 Å². The minimum atomic E-state index is 0.191. The van der Waals surface area contributed by atoms with Gasteiger partial charge in [0.15, 0.2) is 0 Å². The van der Waals surface area contributed by atoms with Crippen LogP contribution in [0, 0.1) is 0 Å². The van der Waals surface area contributed by atoms with Gasteiger partial charge in [-0.3, -0.25) is 0 Å². The molecule has 2 N–H and O–H groups in total. The van der Waals surface area contributed by atoms with Crippen molar-refractivity contribution in [3.63, 3.8) is 0 Å². The van der Waals surface area contributed by atoms with E-state index in [-0.39, 0.29) is 6.04 Å². The number of rotatable bonds is 4. The molecule has 2 rings (SSSR count). The quantitative estimate of drug-likeness (QED) is 0.787. The SMILES string of the molecule is COc1ccc(CC(N)C2=CCCC2)cc1. The lowest BCUT2D eigenvalue weighted by Gasteiger charge is -2.13. The Bertz CT molecular complexity index is 367. The Morgan fingerprint density at radius 3 is 2.62 bits per heavy atom. The average Bonchev–Trinajstić information content (AvgIpc) is 2.83. The van der Waals surface area contributed by atoms with E-state index in [0.29, 0.717) is 0 Å². The van der Waals surface area contributed by atoms with Crippen molar-refractivity contribution in [1.82, 2.24) is 0 Å². The number of methoxy groups -OCH3 is 1. The van der Waals surface area contributed by atoms with E-state index in [0.717, 1.165) is 12.2 Å². The predicted molar refractivity (Wildman–Crippen MR) is 66.6 cm³/mol. The summed E-state index contributed by atoms with van der Waals surface area (Å²) in [6, 6.07) is 8.36. The summed E-state index contributed by atoms with van der Waals surface area (Å²) in [5.41, 5.74) is 8.89. The highest BCUT2D eigenvalue weighted by molar-refractivity contribution is 5.29. The molecule has 1 aromatic carbocycles. The molecule has 0 spiro atoms. The lowest BCUT2D eigenvalue weighted by atomic mass is 9.99. The minimum absolute atomic E-state index is 0.191. The molecule has 0 fully saturated rings. The van der Waals surface area contributed by atoms with Gasteiger partial charge in [-0.05, 0) is 43.4 Å². The van der Waals surface area contributed by atoms with Gasteiger partial charge in [0.25, 0.3) is 0 Å². The van der Waals surface area contributed by atoms with Gasteiger partial charge in [0, 0.05) is 6.04 Å². The normalized spacial score (nSPS) is 17.0. The number of benzene rings is 1. The standard InChI is InChI=1S/C14H19NO/c1-16-13-8-6-11(7-9-13)10-14(15)12-4-2-3-5-12/h4,6-9,14H,2-3,5,10,15H2,1H3. The van der Waals surface area contributed by atoms with Gasteiger partial charge < -0.3 is 10.5 Å². The first-order valence-electron chi connectivity index (χ1n) is 5.87. The first-order valence-corrected chi connectivity index (χ1v) is 5.87. The number of hydrogen-bond donors (Lipinski definition) is 1. The van der Waals surface area contributed by atoms with E-state index < -0.39 is 0 Å². The molecular weight excluding hydrogens is 198 g/mol. The minimum Gasteiger partial charge on any atom is -0.497 e. The molecule has 0 heterocycles. The molecule has 0 amide bonds.